The molecule has 0 aromatic carbocycles. The van der Waals surface area contributed by atoms with Gasteiger partial charge in [0, 0.05) is 10.5 Å². The van der Waals surface area contributed by atoms with Crippen LogP contribution < -0.4 is 0 Å². The smallest absolute Gasteiger partial charge is 0.309 e. The van der Waals surface area contributed by atoms with E-state index in [-0.39, 0.29) is 17.8 Å². The molecule has 3 fully saturated rings. The highest BCUT2D eigenvalue weighted by molar-refractivity contribution is 8.01. The van der Waals surface area contributed by atoms with Gasteiger partial charge in [0.1, 0.15) is 0 Å². The molecule has 0 amide bonds. The maximum absolute atomic E-state index is 12.0. The first-order chi connectivity index (χ1) is 9.13. The van der Waals surface area contributed by atoms with E-state index in [4.69, 9.17) is 4.74 Å². The predicted molar refractivity (Wildman–Crippen MR) is 69.5 cm³/mol. The summed E-state index contributed by atoms with van der Waals surface area (Å²) >= 11 is 1.95. The van der Waals surface area contributed by atoms with Crippen LogP contribution in [0, 0.1) is 35.5 Å². The molecule has 2 saturated carbocycles. The summed E-state index contributed by atoms with van der Waals surface area (Å²) in [6.45, 7) is 0. The van der Waals surface area contributed by atoms with E-state index in [1.165, 1.54) is 7.11 Å². The molecule has 1 N–H and O–H groups in total. The van der Waals surface area contributed by atoms with Gasteiger partial charge in [0.2, 0.25) is 0 Å². The maximum atomic E-state index is 12.0. The summed E-state index contributed by atoms with van der Waals surface area (Å²) in [6, 6.07) is 0. The highest BCUT2D eigenvalue weighted by atomic mass is 32.2. The quantitative estimate of drug-likeness (QED) is 0.612. The molecule has 0 aromatic heterocycles. The van der Waals surface area contributed by atoms with Crippen molar-refractivity contribution in [1.82, 2.24) is 0 Å². The molecule has 4 bridgehead atoms. The van der Waals surface area contributed by atoms with Crippen molar-refractivity contribution in [3.8, 4) is 0 Å². The van der Waals surface area contributed by atoms with Crippen molar-refractivity contribution in [2.75, 3.05) is 7.11 Å². The second kappa shape index (κ2) is 3.78. The Morgan fingerprint density at radius 2 is 1.74 bits per heavy atom. The number of aliphatic carboxylic acids is 1. The van der Waals surface area contributed by atoms with Gasteiger partial charge in [0.25, 0.3) is 0 Å². The number of rotatable bonds is 2. The van der Waals surface area contributed by atoms with Crippen LogP contribution >= 0.6 is 11.8 Å². The van der Waals surface area contributed by atoms with Gasteiger partial charge in [-0.2, -0.15) is 0 Å². The van der Waals surface area contributed by atoms with Gasteiger partial charge in [-0.05, 0) is 30.1 Å². The SMILES string of the molecule is COC(=O)C1C2CC(C1C(=O)O)C1C3C=CC(S3)C21. The summed E-state index contributed by atoms with van der Waals surface area (Å²) in [4.78, 5) is 23.6. The van der Waals surface area contributed by atoms with Crippen LogP contribution in [-0.4, -0.2) is 34.7 Å². The zero-order valence-corrected chi connectivity index (χ0v) is 11.4. The van der Waals surface area contributed by atoms with Crippen molar-refractivity contribution in [3.05, 3.63) is 12.2 Å². The number of esters is 1. The van der Waals surface area contributed by atoms with Crippen LogP contribution in [0.25, 0.3) is 0 Å². The number of carboxylic acids is 1. The van der Waals surface area contributed by atoms with E-state index in [0.717, 1.165) is 6.42 Å². The Balaban J connectivity index is 1.73. The van der Waals surface area contributed by atoms with E-state index in [2.05, 4.69) is 12.2 Å². The third kappa shape index (κ3) is 1.32. The number of carbonyl (C=O) groups excluding carboxylic acids is 1. The molecule has 5 heteroatoms. The van der Waals surface area contributed by atoms with Gasteiger partial charge in [-0.15, -0.1) is 11.8 Å². The molecule has 8 atom stereocenters. The zero-order chi connectivity index (χ0) is 13.3. The molecular weight excluding hydrogens is 264 g/mol. The normalized spacial score (nSPS) is 52.5. The Labute approximate surface area is 115 Å². The van der Waals surface area contributed by atoms with Crippen molar-refractivity contribution in [2.45, 2.75) is 16.9 Å². The van der Waals surface area contributed by atoms with E-state index < -0.39 is 17.8 Å². The average Bonchev–Trinajstić information content (AvgIpc) is 3.12. The third-order valence-corrected chi connectivity index (χ3v) is 7.18. The number of hydrogen-bond donors (Lipinski definition) is 1. The molecule has 8 unspecified atom stereocenters. The number of carboxylic acid groups (broad SMARTS) is 1. The Morgan fingerprint density at radius 1 is 1.16 bits per heavy atom. The summed E-state index contributed by atoms with van der Waals surface area (Å²) < 4.78 is 4.87. The first-order valence-electron chi connectivity index (χ1n) is 6.78. The van der Waals surface area contributed by atoms with Crippen LogP contribution in [0.3, 0.4) is 0 Å². The fraction of sp³-hybridized carbons (Fsp3) is 0.714. The van der Waals surface area contributed by atoms with E-state index in [9.17, 15) is 14.7 Å². The van der Waals surface area contributed by atoms with Crippen molar-refractivity contribution < 1.29 is 19.4 Å². The summed E-state index contributed by atoms with van der Waals surface area (Å²) in [5.41, 5.74) is 0. The van der Waals surface area contributed by atoms with Gasteiger partial charge >= 0.3 is 11.9 Å². The van der Waals surface area contributed by atoms with E-state index in [1.54, 1.807) is 0 Å². The van der Waals surface area contributed by atoms with E-state index >= 15 is 0 Å². The number of fused-ring (bicyclic) bond motifs is 9. The summed E-state index contributed by atoms with van der Waals surface area (Å²) in [5, 5.41) is 10.5. The average molecular weight is 280 g/mol. The largest absolute Gasteiger partial charge is 0.481 e. The molecule has 2 aliphatic heterocycles. The van der Waals surface area contributed by atoms with E-state index in [0.29, 0.717) is 22.3 Å². The highest BCUT2D eigenvalue weighted by Crippen LogP contribution is 2.68. The lowest BCUT2D eigenvalue weighted by atomic mass is 9.65. The Morgan fingerprint density at radius 3 is 2.26 bits per heavy atom. The Bertz CT molecular complexity index is 488. The molecule has 4 rings (SSSR count). The maximum Gasteiger partial charge on any atom is 0.309 e. The lowest BCUT2D eigenvalue weighted by Gasteiger charge is -2.38. The number of carbonyl (C=O) groups is 2. The predicted octanol–water partition coefficient (Wildman–Crippen LogP) is 1.41. The molecule has 2 heterocycles. The second-order valence-corrected chi connectivity index (χ2v) is 7.44. The van der Waals surface area contributed by atoms with Crippen molar-refractivity contribution in [1.29, 1.82) is 0 Å². The molecule has 0 spiro atoms. The molecule has 0 radical (unpaired) electrons. The molecule has 4 nitrogen and oxygen atoms in total. The number of hydrogen-bond acceptors (Lipinski definition) is 4. The minimum absolute atomic E-state index is 0.157. The molecule has 19 heavy (non-hydrogen) atoms. The fourth-order valence-electron chi connectivity index (χ4n) is 5.15. The standard InChI is InChI=1S/C14H16O4S/c1-18-14(17)12-6-4-5(11(12)13(15)16)9-7-2-3-8(19-7)10(6)9/h2-3,5-12H,4H2,1H3,(H,15,16). The topological polar surface area (TPSA) is 63.6 Å². The van der Waals surface area contributed by atoms with Crippen LogP contribution in [0.5, 0.6) is 0 Å². The lowest BCUT2D eigenvalue weighted by Crippen LogP contribution is -2.45. The summed E-state index contributed by atoms with van der Waals surface area (Å²) in [6.07, 6.45) is 5.38. The molecule has 2 aliphatic carbocycles. The first kappa shape index (κ1) is 11.8. The highest BCUT2D eigenvalue weighted by Gasteiger charge is 2.68. The first-order valence-corrected chi connectivity index (χ1v) is 7.72. The number of methoxy groups -OCH3 is 1. The minimum Gasteiger partial charge on any atom is -0.481 e. The third-order valence-electron chi connectivity index (χ3n) is 5.61. The number of thioether (sulfide) groups is 1. The van der Waals surface area contributed by atoms with Crippen molar-refractivity contribution in [2.24, 2.45) is 35.5 Å². The van der Waals surface area contributed by atoms with Gasteiger partial charge in [-0.25, -0.2) is 0 Å². The number of ether oxygens (including phenoxy) is 1. The van der Waals surface area contributed by atoms with Crippen LogP contribution in [-0.2, 0) is 14.3 Å². The van der Waals surface area contributed by atoms with Crippen LogP contribution in [0.4, 0.5) is 0 Å². The van der Waals surface area contributed by atoms with Crippen LogP contribution in [0.2, 0.25) is 0 Å². The zero-order valence-electron chi connectivity index (χ0n) is 10.6. The Kier molecular flexibility index (Phi) is 2.35. The van der Waals surface area contributed by atoms with Gasteiger partial charge in [0.05, 0.1) is 18.9 Å². The monoisotopic (exact) mass is 280 g/mol. The van der Waals surface area contributed by atoms with Crippen LogP contribution in [0.15, 0.2) is 12.2 Å². The molecule has 1 saturated heterocycles. The molecular formula is C14H16O4S. The van der Waals surface area contributed by atoms with Gasteiger partial charge in [0.15, 0.2) is 0 Å². The van der Waals surface area contributed by atoms with Gasteiger partial charge in [-0.3, -0.25) is 9.59 Å². The lowest BCUT2D eigenvalue weighted by molar-refractivity contribution is -0.160. The molecule has 4 aliphatic rings. The van der Waals surface area contributed by atoms with E-state index in [1.807, 2.05) is 11.8 Å². The van der Waals surface area contributed by atoms with Gasteiger partial charge < -0.3 is 9.84 Å². The molecule has 0 aromatic rings. The van der Waals surface area contributed by atoms with Crippen molar-refractivity contribution in [3.63, 3.8) is 0 Å². The van der Waals surface area contributed by atoms with Crippen LogP contribution in [0.1, 0.15) is 6.42 Å². The second-order valence-electron chi connectivity index (χ2n) is 6.08. The Hall–Kier alpha value is -0.970. The minimum atomic E-state index is -0.821. The van der Waals surface area contributed by atoms with Crippen molar-refractivity contribution >= 4 is 23.7 Å². The summed E-state index contributed by atoms with van der Waals surface area (Å²) in [7, 11) is 1.36. The molecule has 102 valence electrons. The summed E-state index contributed by atoms with van der Waals surface area (Å²) in [5.74, 6) is -0.792. The fourth-order valence-corrected chi connectivity index (χ4v) is 7.01. The van der Waals surface area contributed by atoms with Gasteiger partial charge in [-0.1, -0.05) is 12.2 Å².